The van der Waals surface area contributed by atoms with Gasteiger partial charge < -0.3 is 23.4 Å². The SMILES string of the molecule is O=C(CCCCCN1/C(=C/C=C/c2sc3cc(CCCS(=O)(=O)[O-])ccc3[n+]2CCCS(=O)(=O)[O-])Sc2cc(CCCS(=O)(=O)[O-])ccc21)ON1C(=O)CCC1=O.[K+].[K+]. The fourth-order valence-electron chi connectivity index (χ4n) is 6.36. The fraction of sp³-hybridized carbons (Fsp3) is 0.444. The average Bonchev–Trinajstić information content (AvgIpc) is 3.74. The van der Waals surface area contributed by atoms with Crippen molar-refractivity contribution in [2.24, 2.45) is 0 Å². The molecule has 16 nitrogen and oxygen atoms in total. The Morgan fingerprint density at radius 3 is 2.00 bits per heavy atom. The predicted molar refractivity (Wildman–Crippen MR) is 209 cm³/mol. The van der Waals surface area contributed by atoms with Crippen LogP contribution in [0.15, 0.2) is 58.5 Å². The first-order valence-corrected chi connectivity index (χ1v) is 24.5. The molecule has 310 valence electrons. The molecule has 1 fully saturated rings. The van der Waals surface area contributed by atoms with Gasteiger partial charge in [0.2, 0.25) is 5.52 Å². The van der Waals surface area contributed by atoms with Gasteiger partial charge in [-0.15, -0.1) is 5.06 Å². The predicted octanol–water partition coefficient (Wildman–Crippen LogP) is -2.28. The number of aryl methyl sites for hydroxylation is 3. The Labute approximate surface area is 437 Å². The van der Waals surface area contributed by atoms with Gasteiger partial charge in [0.1, 0.15) is 4.70 Å². The van der Waals surface area contributed by atoms with Crippen molar-refractivity contribution in [3.05, 3.63) is 69.7 Å². The standard InChI is InChI=1S/C36H43N3O13S5.2K/c40-32-17-18-33(41)39(32)52-36(42)12-2-1-3-19-37-28-15-13-26(8-5-21-55(43,44)45)24-30(28)53-34(37)10-4-11-35-38(20-7-23-57(49,50)51)29-16-14-27(25-31(29)54-35)9-6-22-56(46,47)48;;/h4,10-11,13-16,24-25H,1-3,5-9,12,17-23H2,(H2-,43,44,45,46,47,48,49,50,51);;/q;2*+1/p-2. The van der Waals surface area contributed by atoms with Crippen molar-refractivity contribution in [2.75, 3.05) is 28.7 Å². The van der Waals surface area contributed by atoms with Crippen LogP contribution in [0.2, 0.25) is 0 Å². The van der Waals surface area contributed by atoms with Gasteiger partial charge in [-0.05, 0) is 73.9 Å². The maximum atomic E-state index is 12.3. The van der Waals surface area contributed by atoms with Gasteiger partial charge in [-0.3, -0.25) is 9.59 Å². The van der Waals surface area contributed by atoms with E-state index in [9.17, 15) is 53.3 Å². The molecule has 5 rings (SSSR count). The summed E-state index contributed by atoms with van der Waals surface area (Å²) in [5.41, 5.74) is 3.41. The molecule has 2 aliphatic rings. The van der Waals surface area contributed by atoms with Gasteiger partial charge in [0.05, 0.1) is 41.1 Å². The summed E-state index contributed by atoms with van der Waals surface area (Å²) in [5, 5.41) is 2.16. The molecule has 0 saturated carbocycles. The number of imide groups is 1. The quantitative estimate of drug-likeness (QED) is 0.0359. The molecule has 0 aliphatic carbocycles. The number of thioether (sulfide) groups is 1. The van der Waals surface area contributed by atoms with Crippen LogP contribution in [0, 0.1) is 0 Å². The molecule has 0 spiro atoms. The fourth-order valence-corrected chi connectivity index (χ4v) is 10.2. The number of benzene rings is 2. The summed E-state index contributed by atoms with van der Waals surface area (Å²) < 4.78 is 104. The number of hydroxylamine groups is 2. The molecule has 0 atom stereocenters. The van der Waals surface area contributed by atoms with Crippen molar-refractivity contribution in [1.29, 1.82) is 0 Å². The summed E-state index contributed by atoms with van der Waals surface area (Å²) in [4.78, 5) is 43.8. The van der Waals surface area contributed by atoms with Crippen LogP contribution in [-0.4, -0.2) is 85.6 Å². The van der Waals surface area contributed by atoms with Crippen LogP contribution in [0.25, 0.3) is 16.3 Å². The zero-order valence-electron chi connectivity index (χ0n) is 32.7. The number of anilines is 1. The molecule has 23 heteroatoms. The summed E-state index contributed by atoms with van der Waals surface area (Å²) in [5.74, 6) is -3.23. The molecule has 2 aliphatic heterocycles. The molecule has 59 heavy (non-hydrogen) atoms. The third kappa shape index (κ3) is 17.2. The third-order valence-electron chi connectivity index (χ3n) is 9.03. The number of fused-ring (bicyclic) bond motifs is 2. The first-order chi connectivity index (χ1) is 26.8. The molecule has 0 bridgehead atoms. The minimum absolute atomic E-state index is 0. The topological polar surface area (TPSA) is 242 Å². The number of amides is 2. The minimum atomic E-state index is -4.43. The second kappa shape index (κ2) is 24.0. The molecule has 0 N–H and O–H groups in total. The van der Waals surface area contributed by atoms with Crippen LogP contribution in [-0.2, 0) is 69.0 Å². The number of rotatable bonds is 21. The van der Waals surface area contributed by atoms with E-state index in [1.165, 1.54) is 23.1 Å². The number of unbranched alkanes of at least 4 members (excludes halogenated alkanes) is 2. The molecule has 0 unspecified atom stereocenters. The van der Waals surface area contributed by atoms with Crippen LogP contribution < -0.4 is 112 Å². The van der Waals surface area contributed by atoms with Gasteiger partial charge in [-0.2, -0.15) is 4.57 Å². The van der Waals surface area contributed by atoms with Crippen molar-refractivity contribution in [3.63, 3.8) is 0 Å². The number of aromatic nitrogens is 1. The zero-order valence-corrected chi connectivity index (χ0v) is 43.0. The molecule has 3 heterocycles. The largest absolute Gasteiger partial charge is 1.00 e. The van der Waals surface area contributed by atoms with Crippen molar-refractivity contribution < 1.29 is 165 Å². The summed E-state index contributed by atoms with van der Waals surface area (Å²) in [6, 6.07) is 11.3. The van der Waals surface area contributed by atoms with E-state index >= 15 is 0 Å². The first-order valence-electron chi connectivity index (χ1n) is 18.1. The van der Waals surface area contributed by atoms with Crippen LogP contribution in [0.3, 0.4) is 0 Å². The van der Waals surface area contributed by atoms with E-state index < -0.39 is 65.4 Å². The Morgan fingerprint density at radius 1 is 0.780 bits per heavy atom. The van der Waals surface area contributed by atoms with Crippen molar-refractivity contribution in [3.8, 4) is 0 Å². The van der Waals surface area contributed by atoms with Gasteiger partial charge >= 0.3 is 109 Å². The summed E-state index contributed by atoms with van der Waals surface area (Å²) >= 11 is 2.92. The minimum Gasteiger partial charge on any atom is -0.748 e. The molecule has 3 aromatic rings. The summed E-state index contributed by atoms with van der Waals surface area (Å²) in [6.07, 6.45) is 8.66. The Kier molecular flexibility index (Phi) is 21.5. The van der Waals surface area contributed by atoms with Gasteiger partial charge in [-0.1, -0.05) is 47.7 Å². The Morgan fingerprint density at radius 2 is 1.37 bits per heavy atom. The second-order valence-electron chi connectivity index (χ2n) is 13.5. The van der Waals surface area contributed by atoms with E-state index in [0.29, 0.717) is 43.7 Å². The third-order valence-corrected chi connectivity index (χ3v) is 13.6. The van der Waals surface area contributed by atoms with Gasteiger partial charge in [0.15, 0.2) is 6.54 Å². The normalized spacial score (nSPS) is 15.3. The molecule has 2 amide bonds. The number of hydrogen-bond donors (Lipinski definition) is 0. The van der Waals surface area contributed by atoms with Crippen molar-refractivity contribution in [2.45, 2.75) is 82.1 Å². The van der Waals surface area contributed by atoms with Crippen LogP contribution >= 0.6 is 23.1 Å². The van der Waals surface area contributed by atoms with Gasteiger partial charge in [-0.25, -0.2) is 30.0 Å². The first kappa shape index (κ1) is 52.9. The average molecular weight is 962 g/mol. The van der Waals surface area contributed by atoms with Crippen LogP contribution in [0.1, 0.15) is 73.9 Å². The summed E-state index contributed by atoms with van der Waals surface area (Å²) in [6.45, 7) is 0.807. The van der Waals surface area contributed by atoms with Gasteiger partial charge in [0.25, 0.3) is 16.8 Å². The number of carbonyl (C=O) groups excluding carboxylic acids is 3. The van der Waals surface area contributed by atoms with E-state index in [2.05, 4.69) is 4.90 Å². The van der Waals surface area contributed by atoms with Crippen LogP contribution in [0.4, 0.5) is 5.69 Å². The van der Waals surface area contributed by atoms with E-state index in [1.54, 1.807) is 0 Å². The Balaban J connectivity index is 0.00000465. The molecule has 1 aromatic heterocycles. The zero-order chi connectivity index (χ0) is 41.4. The summed E-state index contributed by atoms with van der Waals surface area (Å²) in [7, 11) is -13.1. The molecular weight excluding hydrogens is 921 g/mol. The Hall–Kier alpha value is -0.427. The number of carbonyl (C=O) groups is 3. The molecule has 2 aromatic carbocycles. The maximum Gasteiger partial charge on any atom is 1.00 e. The van der Waals surface area contributed by atoms with Crippen molar-refractivity contribution in [1.82, 2.24) is 5.06 Å². The molecular formula is C36H41K2N3O13S5. The van der Waals surface area contributed by atoms with Crippen LogP contribution in [0.5, 0.6) is 0 Å². The monoisotopic (exact) mass is 961 g/mol. The van der Waals surface area contributed by atoms with E-state index in [0.717, 1.165) is 42.0 Å². The number of nitrogens with zero attached hydrogens (tertiary/aromatic N) is 3. The number of thiazole rings is 1. The number of allylic oxidation sites excluding steroid dienone is 2. The smallest absolute Gasteiger partial charge is 0.748 e. The van der Waals surface area contributed by atoms with Crippen molar-refractivity contribution >= 4 is 93.2 Å². The van der Waals surface area contributed by atoms with E-state index in [1.807, 2.05) is 59.2 Å². The van der Waals surface area contributed by atoms with Gasteiger partial charge in [0, 0.05) is 66.5 Å². The molecule has 1 saturated heterocycles. The molecule has 0 radical (unpaired) electrons. The van der Waals surface area contributed by atoms with E-state index in [-0.39, 0.29) is 148 Å². The Bertz CT molecular complexity index is 2390. The second-order valence-corrected chi connectivity index (χ2v) is 20.2. The van der Waals surface area contributed by atoms with E-state index in [4.69, 9.17) is 4.84 Å². The maximum absolute atomic E-state index is 12.3. The number of hydrogen-bond acceptors (Lipinski definition) is 16.